The van der Waals surface area contributed by atoms with Crippen molar-refractivity contribution in [1.82, 2.24) is 0 Å². The standard InChI is InChI=1S/C33H57NO23/c1-4-5-48-30-24(47)27(18(41)12(7-36)51-30)56-29-14(34)26(55-31-22(45)19(42)15(38)9(2)49-31)25(13(8-37)53-29)54-33-28(21(44)17(40)11(6-35)52-33)57-32-23(46)20(43)16(39)10(3)50-32/h4,9-33,35-47H,1,5-8,34H2,2-3H3/t9?,10?,11?,12?,13?,14?,15-,16+,17+,18+,19?,20?,21?,22?,23?,24?,25+,26?,27?,28?,29?,30?,31-,32+,33+/m1/s1. The Morgan fingerprint density at radius 1 is 0.456 bits per heavy atom. The van der Waals surface area contributed by atoms with Crippen molar-refractivity contribution in [3.63, 3.8) is 0 Å². The molecule has 0 aliphatic carbocycles. The molecule has 0 saturated carbocycles. The van der Waals surface area contributed by atoms with E-state index in [1.165, 1.54) is 19.9 Å². The lowest BCUT2D eigenvalue weighted by Gasteiger charge is -2.51. The van der Waals surface area contributed by atoms with Gasteiger partial charge in [-0.05, 0) is 13.8 Å². The maximum atomic E-state index is 11.2. The Bertz CT molecular complexity index is 1260. The van der Waals surface area contributed by atoms with E-state index in [0.717, 1.165) is 0 Å². The minimum absolute atomic E-state index is 0.115. The topological polar surface area (TPSA) is 381 Å². The fraction of sp³-hybridized carbons (Fsp3) is 0.939. The van der Waals surface area contributed by atoms with E-state index >= 15 is 0 Å². The predicted octanol–water partition coefficient (Wildman–Crippen LogP) is -8.69. The van der Waals surface area contributed by atoms with Gasteiger partial charge in [0, 0.05) is 0 Å². The summed E-state index contributed by atoms with van der Waals surface area (Å²) in [5.41, 5.74) is 6.65. The van der Waals surface area contributed by atoms with E-state index < -0.39 is 173 Å². The third-order valence-electron chi connectivity index (χ3n) is 10.7. The van der Waals surface area contributed by atoms with Crippen molar-refractivity contribution >= 4 is 0 Å². The van der Waals surface area contributed by atoms with Gasteiger partial charge in [-0.3, -0.25) is 0 Å². The van der Waals surface area contributed by atoms with Gasteiger partial charge in [-0.25, -0.2) is 0 Å². The van der Waals surface area contributed by atoms with E-state index in [2.05, 4.69) is 6.58 Å². The molecule has 0 radical (unpaired) electrons. The van der Waals surface area contributed by atoms with Gasteiger partial charge >= 0.3 is 0 Å². The summed E-state index contributed by atoms with van der Waals surface area (Å²) in [6.07, 6.45) is -38.6. The van der Waals surface area contributed by atoms with Crippen LogP contribution in [0.15, 0.2) is 12.7 Å². The Labute approximate surface area is 325 Å². The van der Waals surface area contributed by atoms with Crippen molar-refractivity contribution in [1.29, 1.82) is 0 Å². The van der Waals surface area contributed by atoms with Crippen LogP contribution in [0, 0.1) is 0 Å². The molecule has 0 aromatic carbocycles. The highest BCUT2D eigenvalue weighted by atomic mass is 16.8. The minimum Gasteiger partial charge on any atom is -0.394 e. The molecule has 25 atom stereocenters. The SMILES string of the molecule is C=CCOC1OC(CO)[C@H](O)C(OC2OC(CO)[C@H](O[C@@H]3OC(CO)[C@H](O)C(O)C3O[C@@H]3OC(C)[C@H](O)C(O)C3O)C(O[C@H]3OC(C)[C@@H](O)C(O)C3O)C2N)C1O. The molecule has 0 aromatic heterocycles. The van der Waals surface area contributed by atoms with Crippen LogP contribution in [-0.4, -0.2) is 246 Å². The monoisotopic (exact) mass is 835 g/mol. The van der Waals surface area contributed by atoms with E-state index in [1.807, 2.05) is 0 Å². The number of aliphatic hydroxyl groups is 13. The molecule has 17 unspecified atom stereocenters. The van der Waals surface area contributed by atoms with Crippen molar-refractivity contribution in [3.8, 4) is 0 Å². The molecule has 57 heavy (non-hydrogen) atoms. The number of hydrogen-bond donors (Lipinski definition) is 14. The molecule has 24 nitrogen and oxygen atoms in total. The third kappa shape index (κ3) is 9.80. The molecule has 5 aliphatic rings. The molecule has 332 valence electrons. The predicted molar refractivity (Wildman–Crippen MR) is 180 cm³/mol. The molecule has 24 heteroatoms. The summed E-state index contributed by atoms with van der Waals surface area (Å²) in [6.45, 7) is 3.57. The number of hydrogen-bond acceptors (Lipinski definition) is 24. The molecule has 5 saturated heterocycles. The van der Waals surface area contributed by atoms with Crippen molar-refractivity contribution < 1.29 is 114 Å². The van der Waals surface area contributed by atoms with Gasteiger partial charge in [-0.2, -0.15) is 0 Å². The average Bonchev–Trinajstić information content (AvgIpc) is 3.19. The second-order valence-electron chi connectivity index (χ2n) is 14.6. The quantitative estimate of drug-likeness (QED) is 0.0722. The van der Waals surface area contributed by atoms with Gasteiger partial charge in [0.15, 0.2) is 31.5 Å². The summed E-state index contributed by atoms with van der Waals surface area (Å²) in [4.78, 5) is 0. The second kappa shape index (κ2) is 20.1. The van der Waals surface area contributed by atoms with Gasteiger partial charge < -0.3 is 119 Å². The summed E-state index contributed by atoms with van der Waals surface area (Å²) < 4.78 is 57.8. The molecule has 0 aromatic rings. The zero-order chi connectivity index (χ0) is 42.0. The molecule has 5 fully saturated rings. The Morgan fingerprint density at radius 2 is 0.912 bits per heavy atom. The normalized spacial score (nSPS) is 52.4. The molecule has 0 bridgehead atoms. The highest BCUT2D eigenvalue weighted by Gasteiger charge is 2.57. The third-order valence-corrected chi connectivity index (χ3v) is 10.7. The van der Waals surface area contributed by atoms with Crippen LogP contribution in [0.4, 0.5) is 0 Å². The van der Waals surface area contributed by atoms with Crippen LogP contribution in [0.25, 0.3) is 0 Å². The van der Waals surface area contributed by atoms with Gasteiger partial charge in [0.25, 0.3) is 0 Å². The number of ether oxygens (including phenoxy) is 10. The summed E-state index contributed by atoms with van der Waals surface area (Å²) >= 11 is 0. The van der Waals surface area contributed by atoms with E-state index in [0.29, 0.717) is 0 Å². The number of rotatable bonds is 14. The summed E-state index contributed by atoms with van der Waals surface area (Å²) in [6, 6.07) is -1.62. The summed E-state index contributed by atoms with van der Waals surface area (Å²) in [5, 5.41) is 138. The van der Waals surface area contributed by atoms with E-state index in [9.17, 15) is 66.4 Å². The first-order valence-corrected chi connectivity index (χ1v) is 18.5. The van der Waals surface area contributed by atoms with Crippen molar-refractivity contribution in [2.24, 2.45) is 5.73 Å². The van der Waals surface area contributed by atoms with E-state index in [4.69, 9.17) is 53.1 Å². The Morgan fingerprint density at radius 3 is 1.44 bits per heavy atom. The fourth-order valence-corrected chi connectivity index (χ4v) is 7.23. The van der Waals surface area contributed by atoms with Crippen LogP contribution in [0.5, 0.6) is 0 Å². The van der Waals surface area contributed by atoms with Crippen LogP contribution in [0.2, 0.25) is 0 Å². The van der Waals surface area contributed by atoms with Crippen LogP contribution >= 0.6 is 0 Å². The number of nitrogens with two attached hydrogens (primary N) is 1. The zero-order valence-corrected chi connectivity index (χ0v) is 31.0. The van der Waals surface area contributed by atoms with Gasteiger partial charge in [0.2, 0.25) is 0 Å². The maximum absolute atomic E-state index is 11.2. The highest BCUT2D eigenvalue weighted by Crippen LogP contribution is 2.36. The van der Waals surface area contributed by atoms with Crippen LogP contribution < -0.4 is 5.73 Å². The molecular weight excluding hydrogens is 778 g/mol. The maximum Gasteiger partial charge on any atom is 0.187 e. The minimum atomic E-state index is -1.97. The van der Waals surface area contributed by atoms with E-state index in [-0.39, 0.29) is 6.61 Å². The Kier molecular flexibility index (Phi) is 16.5. The highest BCUT2D eigenvalue weighted by molar-refractivity contribution is 5.00. The first-order chi connectivity index (χ1) is 27.0. The largest absolute Gasteiger partial charge is 0.394 e. The van der Waals surface area contributed by atoms with Gasteiger partial charge in [-0.1, -0.05) is 6.08 Å². The van der Waals surface area contributed by atoms with Crippen molar-refractivity contribution in [2.45, 2.75) is 167 Å². The lowest BCUT2D eigenvalue weighted by Crippen LogP contribution is -2.70. The Balaban J connectivity index is 1.48. The molecule has 0 spiro atoms. The Hall–Kier alpha value is -1.22. The molecule has 0 amide bonds. The first-order valence-electron chi connectivity index (χ1n) is 18.5. The van der Waals surface area contributed by atoms with Crippen molar-refractivity contribution in [3.05, 3.63) is 12.7 Å². The average molecular weight is 836 g/mol. The van der Waals surface area contributed by atoms with Crippen LogP contribution in [0.1, 0.15) is 13.8 Å². The van der Waals surface area contributed by atoms with Crippen LogP contribution in [-0.2, 0) is 47.4 Å². The van der Waals surface area contributed by atoms with Crippen molar-refractivity contribution in [2.75, 3.05) is 26.4 Å². The number of aliphatic hydroxyl groups excluding tert-OH is 13. The molecule has 15 N–H and O–H groups in total. The first kappa shape index (κ1) is 46.8. The molecule has 5 aliphatic heterocycles. The molecule has 5 heterocycles. The van der Waals surface area contributed by atoms with Gasteiger partial charge in [0.05, 0.1) is 44.7 Å². The smallest absolute Gasteiger partial charge is 0.187 e. The summed E-state index contributed by atoms with van der Waals surface area (Å²) in [7, 11) is 0. The zero-order valence-electron chi connectivity index (χ0n) is 31.0. The fourth-order valence-electron chi connectivity index (χ4n) is 7.23. The molecule has 5 rings (SSSR count). The molecular formula is C33H57NO23. The lowest BCUT2D eigenvalue weighted by atomic mass is 9.94. The lowest BCUT2D eigenvalue weighted by molar-refractivity contribution is -0.397. The van der Waals surface area contributed by atoms with Crippen LogP contribution in [0.3, 0.4) is 0 Å². The van der Waals surface area contributed by atoms with Gasteiger partial charge in [0.1, 0.15) is 104 Å². The summed E-state index contributed by atoms with van der Waals surface area (Å²) in [5.74, 6) is 0. The van der Waals surface area contributed by atoms with Gasteiger partial charge in [-0.15, -0.1) is 6.58 Å². The van der Waals surface area contributed by atoms with E-state index in [1.54, 1.807) is 0 Å². The second-order valence-corrected chi connectivity index (χ2v) is 14.6.